The molecule has 4 heteroatoms. The van der Waals surface area contributed by atoms with E-state index in [0.717, 1.165) is 16.7 Å². The van der Waals surface area contributed by atoms with Gasteiger partial charge in [-0.3, -0.25) is 0 Å². The second kappa shape index (κ2) is 3.23. The van der Waals surface area contributed by atoms with Crippen LogP contribution in [0.4, 0.5) is 5.82 Å². The molecule has 14 heavy (non-hydrogen) atoms. The number of hydrogen-bond donors (Lipinski definition) is 2. The van der Waals surface area contributed by atoms with Crippen LogP contribution in [0.1, 0.15) is 11.3 Å². The molecule has 1 aromatic heterocycles. The fourth-order valence-corrected chi connectivity index (χ4v) is 1.39. The minimum Gasteiger partial charge on any atom is -0.307 e. The summed E-state index contributed by atoms with van der Waals surface area (Å²) in [5, 5.41) is 0. The van der Waals surface area contributed by atoms with Crippen molar-refractivity contribution in [2.75, 3.05) is 5.43 Å². The summed E-state index contributed by atoms with van der Waals surface area (Å²) in [5.74, 6) is 5.96. The van der Waals surface area contributed by atoms with Gasteiger partial charge in [-0.05, 0) is 31.5 Å². The molecule has 0 aliphatic heterocycles. The minimum atomic E-state index is 0.628. The number of nitrogens with one attached hydrogen (secondary N) is 1. The number of aryl methyl sites for hydroxylation is 2. The first kappa shape index (κ1) is 8.90. The van der Waals surface area contributed by atoms with Crippen LogP contribution in [0.15, 0.2) is 18.2 Å². The molecule has 0 fully saturated rings. The van der Waals surface area contributed by atoms with Gasteiger partial charge in [0.25, 0.3) is 0 Å². The molecule has 0 saturated heterocycles. The number of fused-ring (bicyclic) bond motifs is 1. The molecule has 0 saturated carbocycles. The number of hydrazine groups is 1. The number of benzene rings is 1. The lowest BCUT2D eigenvalue weighted by Gasteiger charge is -2.05. The zero-order valence-corrected chi connectivity index (χ0v) is 8.20. The Morgan fingerprint density at radius 3 is 2.64 bits per heavy atom. The third kappa shape index (κ3) is 1.40. The van der Waals surface area contributed by atoms with Gasteiger partial charge in [0.05, 0.1) is 16.7 Å². The molecule has 0 atom stereocenters. The van der Waals surface area contributed by atoms with E-state index in [1.54, 1.807) is 0 Å². The number of nitrogen functional groups attached to an aromatic ring is 1. The first-order chi connectivity index (χ1) is 6.70. The van der Waals surface area contributed by atoms with Crippen molar-refractivity contribution < 1.29 is 0 Å². The van der Waals surface area contributed by atoms with Crippen molar-refractivity contribution in [2.45, 2.75) is 13.8 Å². The van der Waals surface area contributed by atoms with Gasteiger partial charge >= 0.3 is 0 Å². The Balaban J connectivity index is 2.73. The number of nitrogens with zero attached hydrogens (tertiary/aromatic N) is 2. The lowest BCUT2D eigenvalue weighted by molar-refractivity contribution is 1.14. The standard InChI is InChI=1S/C10H12N4/c1-6-3-4-8-9(5-6)13-10(14-11)7(2)12-8/h3-5H,11H2,1-2H3,(H,13,14). The smallest absolute Gasteiger partial charge is 0.162 e. The summed E-state index contributed by atoms with van der Waals surface area (Å²) < 4.78 is 0. The van der Waals surface area contributed by atoms with Crippen LogP contribution in [0.5, 0.6) is 0 Å². The van der Waals surface area contributed by atoms with Crippen LogP contribution in [0.25, 0.3) is 11.0 Å². The molecule has 2 rings (SSSR count). The molecule has 0 amide bonds. The van der Waals surface area contributed by atoms with E-state index in [9.17, 15) is 0 Å². The minimum absolute atomic E-state index is 0.628. The Bertz CT molecular complexity index is 479. The van der Waals surface area contributed by atoms with Crippen LogP contribution >= 0.6 is 0 Å². The van der Waals surface area contributed by atoms with Gasteiger partial charge in [-0.2, -0.15) is 0 Å². The van der Waals surface area contributed by atoms with Crippen LogP contribution < -0.4 is 11.3 Å². The number of anilines is 1. The normalized spacial score (nSPS) is 10.5. The maximum Gasteiger partial charge on any atom is 0.162 e. The highest BCUT2D eigenvalue weighted by Gasteiger charge is 2.02. The molecule has 0 bridgehead atoms. The quantitative estimate of drug-likeness (QED) is 0.526. The summed E-state index contributed by atoms with van der Waals surface area (Å²) in [6.07, 6.45) is 0. The van der Waals surface area contributed by atoms with E-state index in [1.807, 2.05) is 32.0 Å². The molecule has 0 unspecified atom stereocenters. The SMILES string of the molecule is Cc1ccc2nc(C)c(NN)nc2c1. The van der Waals surface area contributed by atoms with Gasteiger partial charge in [0, 0.05) is 0 Å². The van der Waals surface area contributed by atoms with Gasteiger partial charge in [-0.1, -0.05) is 6.07 Å². The van der Waals surface area contributed by atoms with Gasteiger partial charge in [-0.15, -0.1) is 0 Å². The molecule has 1 heterocycles. The second-order valence-corrected chi connectivity index (χ2v) is 3.29. The summed E-state index contributed by atoms with van der Waals surface area (Å²) in [4.78, 5) is 8.74. The van der Waals surface area contributed by atoms with Crippen LogP contribution in [-0.2, 0) is 0 Å². The molecule has 4 nitrogen and oxygen atoms in total. The Morgan fingerprint density at radius 1 is 1.14 bits per heavy atom. The van der Waals surface area contributed by atoms with Gasteiger partial charge in [0.1, 0.15) is 0 Å². The highest BCUT2D eigenvalue weighted by molar-refractivity contribution is 5.77. The van der Waals surface area contributed by atoms with Crippen molar-refractivity contribution in [1.29, 1.82) is 0 Å². The molecular formula is C10H12N4. The van der Waals surface area contributed by atoms with Crippen molar-refractivity contribution in [2.24, 2.45) is 5.84 Å². The predicted molar refractivity (Wildman–Crippen MR) is 56.8 cm³/mol. The van der Waals surface area contributed by atoms with Gasteiger partial charge in [0.15, 0.2) is 5.82 Å². The molecule has 1 aromatic carbocycles. The number of hydrogen-bond acceptors (Lipinski definition) is 4. The van der Waals surface area contributed by atoms with E-state index >= 15 is 0 Å². The molecule has 3 N–H and O–H groups in total. The summed E-state index contributed by atoms with van der Waals surface area (Å²) >= 11 is 0. The Labute approximate surface area is 82.1 Å². The lowest BCUT2D eigenvalue weighted by Crippen LogP contribution is -2.11. The predicted octanol–water partition coefficient (Wildman–Crippen LogP) is 1.53. The third-order valence-corrected chi connectivity index (χ3v) is 2.13. The van der Waals surface area contributed by atoms with E-state index in [2.05, 4.69) is 15.4 Å². The number of rotatable bonds is 1. The first-order valence-corrected chi connectivity index (χ1v) is 4.42. The van der Waals surface area contributed by atoms with Crippen molar-refractivity contribution in [3.05, 3.63) is 29.5 Å². The van der Waals surface area contributed by atoms with Gasteiger partial charge < -0.3 is 5.43 Å². The highest BCUT2D eigenvalue weighted by Crippen LogP contribution is 2.16. The van der Waals surface area contributed by atoms with Crippen molar-refractivity contribution in [3.8, 4) is 0 Å². The zero-order valence-electron chi connectivity index (χ0n) is 8.20. The lowest BCUT2D eigenvalue weighted by atomic mass is 10.2. The monoisotopic (exact) mass is 188 g/mol. The maximum absolute atomic E-state index is 5.33. The molecule has 72 valence electrons. The molecule has 0 aliphatic carbocycles. The average Bonchev–Trinajstić information content (AvgIpc) is 2.17. The van der Waals surface area contributed by atoms with E-state index < -0.39 is 0 Å². The third-order valence-electron chi connectivity index (χ3n) is 2.13. The van der Waals surface area contributed by atoms with Crippen molar-refractivity contribution in [1.82, 2.24) is 9.97 Å². The van der Waals surface area contributed by atoms with E-state index in [4.69, 9.17) is 5.84 Å². The summed E-state index contributed by atoms with van der Waals surface area (Å²) in [6, 6.07) is 5.97. The van der Waals surface area contributed by atoms with E-state index in [0.29, 0.717) is 5.82 Å². The van der Waals surface area contributed by atoms with E-state index in [-0.39, 0.29) is 0 Å². The molecule has 2 aromatic rings. The van der Waals surface area contributed by atoms with Crippen LogP contribution in [0.3, 0.4) is 0 Å². The molecule has 0 spiro atoms. The molecule has 0 aliphatic rings. The Morgan fingerprint density at radius 2 is 1.93 bits per heavy atom. The number of nitrogens with two attached hydrogens (primary N) is 1. The summed E-state index contributed by atoms with van der Waals surface area (Å²) in [7, 11) is 0. The van der Waals surface area contributed by atoms with E-state index in [1.165, 1.54) is 5.56 Å². The Hall–Kier alpha value is -1.68. The van der Waals surface area contributed by atoms with Gasteiger partial charge in [-0.25, -0.2) is 15.8 Å². The molecular weight excluding hydrogens is 176 g/mol. The van der Waals surface area contributed by atoms with Crippen LogP contribution in [0.2, 0.25) is 0 Å². The average molecular weight is 188 g/mol. The van der Waals surface area contributed by atoms with Crippen molar-refractivity contribution >= 4 is 16.9 Å². The summed E-state index contributed by atoms with van der Waals surface area (Å²) in [5.41, 5.74) is 6.27. The zero-order chi connectivity index (χ0) is 10.1. The fraction of sp³-hybridized carbons (Fsp3) is 0.200. The fourth-order valence-electron chi connectivity index (χ4n) is 1.39. The highest BCUT2D eigenvalue weighted by atomic mass is 15.3. The largest absolute Gasteiger partial charge is 0.307 e. The summed E-state index contributed by atoms with van der Waals surface area (Å²) in [6.45, 7) is 3.90. The van der Waals surface area contributed by atoms with Crippen LogP contribution in [0, 0.1) is 13.8 Å². The topological polar surface area (TPSA) is 63.8 Å². The first-order valence-electron chi connectivity index (χ1n) is 4.42. The number of aromatic nitrogens is 2. The Kier molecular flexibility index (Phi) is 2.05. The maximum atomic E-state index is 5.33. The second-order valence-electron chi connectivity index (χ2n) is 3.29. The van der Waals surface area contributed by atoms with Gasteiger partial charge in [0.2, 0.25) is 0 Å². The van der Waals surface area contributed by atoms with Crippen LogP contribution in [-0.4, -0.2) is 9.97 Å². The molecule has 0 radical (unpaired) electrons. The van der Waals surface area contributed by atoms with Crippen molar-refractivity contribution in [3.63, 3.8) is 0 Å².